The number of hydrogen-bond acceptors (Lipinski definition) is 1. The Kier molecular flexibility index (Phi) is 1.88. The minimum absolute atomic E-state index is 0.500. The van der Waals surface area contributed by atoms with E-state index in [0.717, 1.165) is 16.9 Å². The van der Waals surface area contributed by atoms with Crippen LogP contribution in [-0.2, 0) is 6.54 Å². The second kappa shape index (κ2) is 3.43. The van der Waals surface area contributed by atoms with Gasteiger partial charge in [-0.25, -0.2) is 0 Å². The lowest BCUT2D eigenvalue weighted by Gasteiger charge is -2.20. The first-order valence-corrected chi connectivity index (χ1v) is 6.11. The first kappa shape index (κ1) is 9.85. The van der Waals surface area contributed by atoms with E-state index in [1.165, 1.54) is 5.39 Å². The van der Waals surface area contributed by atoms with E-state index in [0.29, 0.717) is 6.54 Å². The predicted octanol–water partition coefficient (Wildman–Crippen LogP) is 2.10. The van der Waals surface area contributed by atoms with Crippen LogP contribution in [0.4, 0.5) is 0 Å². The molecule has 0 aliphatic carbocycles. The van der Waals surface area contributed by atoms with Crippen LogP contribution in [0.2, 0.25) is 0 Å². The molecular weight excluding hydrogens is 224 g/mol. The molecular formula is C15H13N2O+. The van der Waals surface area contributed by atoms with Crippen molar-refractivity contribution < 1.29 is 9.67 Å². The van der Waals surface area contributed by atoms with E-state index in [1.54, 1.807) is 0 Å². The first-order chi connectivity index (χ1) is 8.84. The van der Waals surface area contributed by atoms with Gasteiger partial charge in [-0.1, -0.05) is 18.2 Å². The number of rotatable bonds is 0. The monoisotopic (exact) mass is 237 g/mol. The van der Waals surface area contributed by atoms with E-state index in [2.05, 4.69) is 28.8 Å². The fourth-order valence-corrected chi connectivity index (χ4v) is 2.82. The molecule has 3 aromatic rings. The van der Waals surface area contributed by atoms with Crippen molar-refractivity contribution in [3.05, 3.63) is 54.7 Å². The third-order valence-electron chi connectivity index (χ3n) is 3.61. The summed E-state index contributed by atoms with van der Waals surface area (Å²) in [6, 6.07) is 16.4. The largest absolute Gasteiger partial charge is 0.368 e. The van der Waals surface area contributed by atoms with Gasteiger partial charge < -0.3 is 9.67 Å². The standard InChI is InChI=1S/C15H13N2O/c18-15-10-16-8-4-3-7-13(16)14-9-11-5-1-2-6-12(11)17(14)15/h1-9,15,18H,10H2/q+1. The van der Waals surface area contributed by atoms with Crippen LogP contribution in [0.5, 0.6) is 0 Å². The topological polar surface area (TPSA) is 29.0 Å². The molecule has 1 atom stereocenters. The zero-order valence-electron chi connectivity index (χ0n) is 9.82. The van der Waals surface area contributed by atoms with Gasteiger partial charge in [0.2, 0.25) is 5.69 Å². The van der Waals surface area contributed by atoms with Gasteiger partial charge in [0.1, 0.15) is 5.69 Å². The Labute approximate surface area is 105 Å². The maximum absolute atomic E-state index is 10.3. The fraction of sp³-hybridized carbons (Fsp3) is 0.133. The van der Waals surface area contributed by atoms with E-state index in [9.17, 15) is 5.11 Å². The van der Waals surface area contributed by atoms with Crippen LogP contribution in [0.15, 0.2) is 54.7 Å². The highest BCUT2D eigenvalue weighted by molar-refractivity contribution is 5.86. The van der Waals surface area contributed by atoms with E-state index in [-0.39, 0.29) is 0 Å². The molecule has 3 nitrogen and oxygen atoms in total. The van der Waals surface area contributed by atoms with Crippen LogP contribution in [0.25, 0.3) is 22.3 Å². The highest BCUT2D eigenvalue weighted by atomic mass is 16.3. The van der Waals surface area contributed by atoms with Crippen molar-refractivity contribution in [1.29, 1.82) is 0 Å². The van der Waals surface area contributed by atoms with Crippen molar-refractivity contribution in [2.45, 2.75) is 12.8 Å². The molecule has 1 unspecified atom stereocenters. The Balaban J connectivity index is 2.12. The highest BCUT2D eigenvalue weighted by Gasteiger charge is 2.29. The lowest BCUT2D eigenvalue weighted by atomic mass is 10.2. The Morgan fingerprint density at radius 3 is 2.89 bits per heavy atom. The van der Waals surface area contributed by atoms with Crippen LogP contribution >= 0.6 is 0 Å². The maximum Gasteiger partial charge on any atom is 0.229 e. The molecule has 0 bridgehead atoms. The third kappa shape index (κ3) is 1.19. The van der Waals surface area contributed by atoms with Gasteiger partial charge in [-0.15, -0.1) is 0 Å². The van der Waals surface area contributed by atoms with E-state index < -0.39 is 6.23 Å². The smallest absolute Gasteiger partial charge is 0.229 e. The third-order valence-corrected chi connectivity index (χ3v) is 3.61. The van der Waals surface area contributed by atoms with Crippen LogP contribution < -0.4 is 4.57 Å². The van der Waals surface area contributed by atoms with Crippen molar-refractivity contribution in [2.75, 3.05) is 0 Å². The van der Waals surface area contributed by atoms with Crippen molar-refractivity contribution in [2.24, 2.45) is 0 Å². The zero-order chi connectivity index (χ0) is 12.1. The summed E-state index contributed by atoms with van der Waals surface area (Å²) in [5, 5.41) is 11.5. The molecule has 1 aromatic carbocycles. The number of para-hydroxylation sites is 1. The van der Waals surface area contributed by atoms with Gasteiger partial charge in [0, 0.05) is 17.5 Å². The molecule has 0 saturated carbocycles. The number of nitrogens with zero attached hydrogens (tertiary/aromatic N) is 2. The van der Waals surface area contributed by atoms with Crippen LogP contribution in [0, 0.1) is 0 Å². The Bertz CT molecular complexity index is 745. The number of benzene rings is 1. The summed E-state index contributed by atoms with van der Waals surface area (Å²) >= 11 is 0. The lowest BCUT2D eigenvalue weighted by Crippen LogP contribution is -2.44. The molecule has 3 heteroatoms. The predicted molar refractivity (Wildman–Crippen MR) is 68.8 cm³/mol. The average Bonchev–Trinajstić information content (AvgIpc) is 2.79. The fourth-order valence-electron chi connectivity index (χ4n) is 2.82. The van der Waals surface area contributed by atoms with E-state index >= 15 is 0 Å². The Hall–Kier alpha value is -2.13. The van der Waals surface area contributed by atoms with Crippen molar-refractivity contribution in [1.82, 2.24) is 4.57 Å². The molecule has 0 amide bonds. The molecule has 2 aromatic heterocycles. The SMILES string of the molecule is OC1C[n+]2ccccc2-c2cc3ccccc3n21. The summed E-state index contributed by atoms with van der Waals surface area (Å²) in [5.41, 5.74) is 3.32. The number of aliphatic hydroxyl groups excluding tert-OH is 1. The minimum atomic E-state index is -0.500. The minimum Gasteiger partial charge on any atom is -0.368 e. The molecule has 1 N–H and O–H groups in total. The molecule has 3 heterocycles. The van der Waals surface area contributed by atoms with E-state index in [1.807, 2.05) is 35.0 Å². The molecule has 0 radical (unpaired) electrons. The van der Waals surface area contributed by atoms with Crippen LogP contribution in [-0.4, -0.2) is 9.67 Å². The van der Waals surface area contributed by atoms with Crippen molar-refractivity contribution in [3.8, 4) is 11.4 Å². The lowest BCUT2D eigenvalue weighted by molar-refractivity contribution is -0.700. The summed E-state index contributed by atoms with van der Waals surface area (Å²) in [4.78, 5) is 0. The summed E-state index contributed by atoms with van der Waals surface area (Å²) in [6.07, 6.45) is 1.51. The second-order valence-corrected chi connectivity index (χ2v) is 4.68. The summed E-state index contributed by atoms with van der Waals surface area (Å²) in [5.74, 6) is 0. The molecule has 0 fully saturated rings. The zero-order valence-corrected chi connectivity index (χ0v) is 9.82. The normalized spacial score (nSPS) is 17.5. The molecule has 1 aliphatic heterocycles. The molecule has 88 valence electrons. The number of fused-ring (bicyclic) bond motifs is 5. The van der Waals surface area contributed by atoms with Gasteiger partial charge in [0.25, 0.3) is 0 Å². The van der Waals surface area contributed by atoms with Gasteiger partial charge in [-0.3, -0.25) is 0 Å². The van der Waals surface area contributed by atoms with Crippen LogP contribution in [0.1, 0.15) is 6.23 Å². The van der Waals surface area contributed by atoms with E-state index in [4.69, 9.17) is 0 Å². The van der Waals surface area contributed by atoms with Gasteiger partial charge in [0.05, 0.1) is 5.52 Å². The first-order valence-electron chi connectivity index (χ1n) is 6.11. The molecule has 4 rings (SSSR count). The molecule has 1 aliphatic rings. The van der Waals surface area contributed by atoms with Crippen molar-refractivity contribution >= 4 is 10.9 Å². The van der Waals surface area contributed by atoms with Crippen molar-refractivity contribution in [3.63, 3.8) is 0 Å². The second-order valence-electron chi connectivity index (χ2n) is 4.68. The number of pyridine rings is 1. The van der Waals surface area contributed by atoms with Gasteiger partial charge >= 0.3 is 0 Å². The summed E-state index contributed by atoms with van der Waals surface area (Å²) < 4.78 is 4.11. The van der Waals surface area contributed by atoms with Crippen LogP contribution in [0.3, 0.4) is 0 Å². The molecule has 18 heavy (non-hydrogen) atoms. The van der Waals surface area contributed by atoms with Gasteiger partial charge in [-0.05, 0) is 18.2 Å². The average molecular weight is 237 g/mol. The Morgan fingerprint density at radius 1 is 1.11 bits per heavy atom. The maximum atomic E-state index is 10.3. The quantitative estimate of drug-likeness (QED) is 0.596. The van der Waals surface area contributed by atoms with Gasteiger partial charge in [0.15, 0.2) is 19.0 Å². The number of aromatic nitrogens is 2. The molecule has 0 spiro atoms. The summed E-state index contributed by atoms with van der Waals surface area (Å²) in [6.45, 7) is 0.599. The number of hydrogen-bond donors (Lipinski definition) is 1. The summed E-state index contributed by atoms with van der Waals surface area (Å²) in [7, 11) is 0. The van der Waals surface area contributed by atoms with Gasteiger partial charge in [-0.2, -0.15) is 4.57 Å². The molecule has 0 saturated heterocycles. The highest BCUT2D eigenvalue weighted by Crippen LogP contribution is 2.31. The Morgan fingerprint density at radius 2 is 1.94 bits per heavy atom. The number of aliphatic hydroxyl groups is 1.